The van der Waals surface area contributed by atoms with Crippen molar-refractivity contribution >= 4 is 18.0 Å². The number of nitrogens with zero attached hydrogens (tertiary/aromatic N) is 1. The first-order valence-corrected chi connectivity index (χ1v) is 11.4. The smallest absolute Gasteiger partial charge is 0.407 e. The van der Waals surface area contributed by atoms with Crippen LogP contribution >= 0.6 is 0 Å². The standard InChI is InChI=1S/C26H30N2O6/c1-16(24(31)28-14-26(3,15-28)34-13-23(29)30)17(2)27-25(32)33-12-22-20-10-6-4-8-18(20)19-9-5-7-11-21(19)22/h4-11,16-17,22H,12-15H2,1-3H3,(H,27,32)(H,29,30). The van der Waals surface area contributed by atoms with Gasteiger partial charge in [0.15, 0.2) is 0 Å². The largest absolute Gasteiger partial charge is 0.480 e. The van der Waals surface area contributed by atoms with Crippen molar-refractivity contribution in [2.45, 2.75) is 38.3 Å². The van der Waals surface area contributed by atoms with Crippen LogP contribution in [0.4, 0.5) is 4.79 Å². The number of carbonyl (C=O) groups is 3. The van der Waals surface area contributed by atoms with E-state index in [0.29, 0.717) is 13.1 Å². The third-order valence-corrected chi connectivity index (χ3v) is 6.74. The Balaban J connectivity index is 1.28. The highest BCUT2D eigenvalue weighted by atomic mass is 16.5. The van der Waals surface area contributed by atoms with Crippen molar-refractivity contribution in [1.29, 1.82) is 0 Å². The molecule has 2 aromatic carbocycles. The van der Waals surface area contributed by atoms with Crippen molar-refractivity contribution in [3.63, 3.8) is 0 Å². The van der Waals surface area contributed by atoms with E-state index >= 15 is 0 Å². The first kappa shape index (κ1) is 23.8. The van der Waals surface area contributed by atoms with E-state index in [9.17, 15) is 14.4 Å². The number of amides is 2. The number of nitrogens with one attached hydrogen (secondary N) is 1. The molecule has 0 aromatic heterocycles. The lowest BCUT2D eigenvalue weighted by Gasteiger charge is -2.48. The van der Waals surface area contributed by atoms with Crippen LogP contribution in [-0.2, 0) is 19.1 Å². The molecule has 2 aromatic rings. The fourth-order valence-corrected chi connectivity index (χ4v) is 4.70. The number of fused-ring (bicyclic) bond motifs is 3. The molecule has 1 aliphatic carbocycles. The van der Waals surface area contributed by atoms with Crippen LogP contribution in [0.25, 0.3) is 11.1 Å². The molecule has 1 heterocycles. The highest BCUT2D eigenvalue weighted by molar-refractivity contribution is 5.81. The highest BCUT2D eigenvalue weighted by Crippen LogP contribution is 2.44. The maximum atomic E-state index is 12.8. The number of ether oxygens (including phenoxy) is 2. The molecule has 0 spiro atoms. The molecule has 180 valence electrons. The van der Waals surface area contributed by atoms with Gasteiger partial charge in [-0.15, -0.1) is 0 Å². The summed E-state index contributed by atoms with van der Waals surface area (Å²) in [6.45, 7) is 5.76. The molecular formula is C26H30N2O6. The summed E-state index contributed by atoms with van der Waals surface area (Å²) >= 11 is 0. The predicted molar refractivity (Wildman–Crippen MR) is 125 cm³/mol. The Morgan fingerprint density at radius 3 is 2.18 bits per heavy atom. The second kappa shape index (κ2) is 9.46. The summed E-state index contributed by atoms with van der Waals surface area (Å²) in [6, 6.07) is 15.8. The summed E-state index contributed by atoms with van der Waals surface area (Å²) in [5, 5.41) is 11.5. The zero-order chi connectivity index (χ0) is 24.5. The molecule has 2 aliphatic rings. The van der Waals surface area contributed by atoms with Gasteiger partial charge in [0.1, 0.15) is 18.8 Å². The van der Waals surface area contributed by atoms with Gasteiger partial charge in [0.25, 0.3) is 0 Å². The maximum Gasteiger partial charge on any atom is 0.407 e. The zero-order valence-corrected chi connectivity index (χ0v) is 19.6. The SMILES string of the molecule is CC(NC(=O)OCC1c2ccccc2-c2ccccc21)C(C)C(=O)N1CC(C)(OCC(=O)O)C1. The fraction of sp³-hybridized carbons (Fsp3) is 0.423. The summed E-state index contributed by atoms with van der Waals surface area (Å²) < 4.78 is 10.9. The molecular weight excluding hydrogens is 436 g/mol. The average molecular weight is 467 g/mol. The van der Waals surface area contributed by atoms with Gasteiger partial charge in [-0.1, -0.05) is 55.5 Å². The predicted octanol–water partition coefficient (Wildman–Crippen LogP) is 3.25. The molecule has 0 saturated carbocycles. The fourth-order valence-electron chi connectivity index (χ4n) is 4.70. The number of carboxylic acid groups (broad SMARTS) is 1. The highest BCUT2D eigenvalue weighted by Gasteiger charge is 2.44. The number of likely N-dealkylation sites (tertiary alicyclic amines) is 1. The molecule has 0 bridgehead atoms. The third kappa shape index (κ3) is 4.77. The van der Waals surface area contributed by atoms with Crippen LogP contribution in [0.15, 0.2) is 48.5 Å². The summed E-state index contributed by atoms with van der Waals surface area (Å²) in [4.78, 5) is 37.6. The van der Waals surface area contributed by atoms with E-state index in [1.165, 1.54) is 0 Å². The van der Waals surface area contributed by atoms with Crippen molar-refractivity contribution in [2.24, 2.45) is 5.92 Å². The Hall–Kier alpha value is -3.39. The Morgan fingerprint density at radius 2 is 1.62 bits per heavy atom. The van der Waals surface area contributed by atoms with Crippen molar-refractivity contribution in [3.8, 4) is 11.1 Å². The van der Waals surface area contributed by atoms with Gasteiger partial charge in [-0.05, 0) is 36.1 Å². The van der Waals surface area contributed by atoms with E-state index in [1.54, 1.807) is 25.7 Å². The van der Waals surface area contributed by atoms with E-state index < -0.39 is 36.2 Å². The van der Waals surface area contributed by atoms with Gasteiger partial charge in [0.2, 0.25) is 5.91 Å². The van der Waals surface area contributed by atoms with E-state index in [-0.39, 0.29) is 18.4 Å². The van der Waals surface area contributed by atoms with Gasteiger partial charge < -0.3 is 24.8 Å². The number of aliphatic carboxylic acids is 1. The first-order valence-electron chi connectivity index (χ1n) is 11.4. The van der Waals surface area contributed by atoms with Crippen LogP contribution < -0.4 is 5.32 Å². The normalized spacial score (nSPS) is 17.7. The maximum absolute atomic E-state index is 12.8. The molecule has 1 fully saturated rings. The minimum atomic E-state index is -1.04. The van der Waals surface area contributed by atoms with Crippen molar-refractivity contribution in [1.82, 2.24) is 10.2 Å². The van der Waals surface area contributed by atoms with E-state index in [1.807, 2.05) is 24.3 Å². The first-order chi connectivity index (χ1) is 16.2. The molecule has 0 radical (unpaired) electrons. The van der Waals surface area contributed by atoms with Gasteiger partial charge >= 0.3 is 12.1 Å². The van der Waals surface area contributed by atoms with E-state index in [4.69, 9.17) is 14.6 Å². The number of benzene rings is 2. The molecule has 4 rings (SSSR count). The number of carbonyl (C=O) groups excluding carboxylic acids is 2. The van der Waals surface area contributed by atoms with Gasteiger partial charge in [-0.25, -0.2) is 9.59 Å². The quantitative estimate of drug-likeness (QED) is 0.619. The Bertz CT molecular complexity index is 1050. The molecule has 1 saturated heterocycles. The van der Waals surface area contributed by atoms with Crippen molar-refractivity contribution in [2.75, 3.05) is 26.3 Å². The number of alkyl carbamates (subject to hydrolysis) is 1. The molecule has 2 N–H and O–H groups in total. The van der Waals surface area contributed by atoms with Crippen LogP contribution in [0.1, 0.15) is 37.8 Å². The summed E-state index contributed by atoms with van der Waals surface area (Å²) in [5.74, 6) is -1.66. The number of carboxylic acids is 1. The molecule has 8 nitrogen and oxygen atoms in total. The zero-order valence-electron chi connectivity index (χ0n) is 19.6. The van der Waals surface area contributed by atoms with Gasteiger partial charge in [-0.3, -0.25) is 4.79 Å². The van der Waals surface area contributed by atoms with Gasteiger partial charge in [0.05, 0.1) is 19.0 Å². The monoisotopic (exact) mass is 466 g/mol. The summed E-state index contributed by atoms with van der Waals surface area (Å²) in [6.07, 6.45) is -0.563. The second-order valence-corrected chi connectivity index (χ2v) is 9.37. The van der Waals surface area contributed by atoms with Crippen LogP contribution in [0.2, 0.25) is 0 Å². The second-order valence-electron chi connectivity index (χ2n) is 9.37. The van der Waals surface area contributed by atoms with Crippen molar-refractivity contribution in [3.05, 3.63) is 59.7 Å². The summed E-state index contributed by atoms with van der Waals surface area (Å²) in [5.41, 5.74) is 3.94. The lowest BCUT2D eigenvalue weighted by molar-refractivity contribution is -0.175. The topological polar surface area (TPSA) is 105 Å². The van der Waals surface area contributed by atoms with Crippen LogP contribution in [0.3, 0.4) is 0 Å². The van der Waals surface area contributed by atoms with Crippen LogP contribution in [-0.4, -0.2) is 65.9 Å². The summed E-state index contributed by atoms with van der Waals surface area (Å²) in [7, 11) is 0. The average Bonchev–Trinajstić information content (AvgIpc) is 3.12. The third-order valence-electron chi connectivity index (χ3n) is 6.74. The lowest BCUT2D eigenvalue weighted by atomic mass is 9.92. The van der Waals surface area contributed by atoms with E-state index in [0.717, 1.165) is 22.3 Å². The number of hydrogen-bond acceptors (Lipinski definition) is 5. The van der Waals surface area contributed by atoms with Gasteiger partial charge in [-0.2, -0.15) is 0 Å². The van der Waals surface area contributed by atoms with Gasteiger partial charge in [0, 0.05) is 12.0 Å². The molecule has 2 atom stereocenters. The van der Waals surface area contributed by atoms with E-state index in [2.05, 4.69) is 29.6 Å². The molecule has 34 heavy (non-hydrogen) atoms. The minimum absolute atomic E-state index is 0.0305. The van der Waals surface area contributed by atoms with Crippen molar-refractivity contribution < 1.29 is 29.0 Å². The molecule has 2 unspecified atom stereocenters. The number of rotatable bonds is 8. The molecule has 1 aliphatic heterocycles. The Labute approximate surface area is 198 Å². The molecule has 2 amide bonds. The Kier molecular flexibility index (Phi) is 6.61. The Morgan fingerprint density at radius 1 is 1.06 bits per heavy atom. The lowest BCUT2D eigenvalue weighted by Crippen LogP contribution is -2.65. The van der Waals surface area contributed by atoms with Crippen LogP contribution in [0.5, 0.6) is 0 Å². The number of hydrogen-bond donors (Lipinski definition) is 2. The van der Waals surface area contributed by atoms with Crippen LogP contribution in [0, 0.1) is 5.92 Å². The molecule has 8 heteroatoms. The minimum Gasteiger partial charge on any atom is -0.480 e.